The van der Waals surface area contributed by atoms with Gasteiger partial charge in [-0.05, 0) is 12.8 Å². The van der Waals surface area contributed by atoms with Crippen LogP contribution in [0.2, 0.25) is 0 Å². The van der Waals surface area contributed by atoms with Crippen LogP contribution in [0.1, 0.15) is 122 Å². The molecule has 0 aliphatic carbocycles. The van der Waals surface area contributed by atoms with E-state index < -0.39 is 5.97 Å². The summed E-state index contributed by atoms with van der Waals surface area (Å²) < 4.78 is 0.543. The number of unbranched alkanes of at least 4 members (excludes halogenated alkanes) is 17. The van der Waals surface area contributed by atoms with Crippen molar-refractivity contribution in [2.24, 2.45) is 0 Å². The third-order valence-corrected chi connectivity index (χ3v) is 5.67. The van der Waals surface area contributed by atoms with E-state index in [9.17, 15) is 9.90 Å². The van der Waals surface area contributed by atoms with Crippen molar-refractivity contribution < 1.29 is 14.4 Å². The predicted molar refractivity (Wildman–Crippen MR) is 116 cm³/mol. The summed E-state index contributed by atoms with van der Waals surface area (Å²) in [6, 6.07) is 0. The van der Waals surface area contributed by atoms with E-state index in [-0.39, 0.29) is 6.54 Å². The molecule has 0 rings (SSSR count). The fourth-order valence-corrected chi connectivity index (χ4v) is 3.87. The van der Waals surface area contributed by atoms with Crippen molar-refractivity contribution in [3.63, 3.8) is 0 Å². The first-order chi connectivity index (χ1) is 13.0. The molecule has 0 aromatic heterocycles. The van der Waals surface area contributed by atoms with Crippen LogP contribution >= 0.6 is 0 Å². The molecule has 162 valence electrons. The Bertz CT molecular complexity index is 328. The molecule has 0 amide bonds. The Labute approximate surface area is 170 Å². The topological polar surface area (TPSA) is 40.1 Å². The van der Waals surface area contributed by atoms with Crippen LogP contribution in [0, 0.1) is 0 Å². The molecular formula is C24H49NO2. The standard InChI is InChI=1S/C24H49NO2/c1-4-5-6-7-8-9-10-11-12-13-14-15-16-17-18-19-20-21-22-25(2,3)23-24(26)27/h4-23H2,1-3H3. The number of nitrogens with zero attached hydrogens (tertiary/aromatic N) is 1. The molecule has 0 atom stereocenters. The summed E-state index contributed by atoms with van der Waals surface area (Å²) in [6.45, 7) is 3.34. The van der Waals surface area contributed by atoms with Crippen molar-refractivity contribution in [3.8, 4) is 0 Å². The van der Waals surface area contributed by atoms with Gasteiger partial charge in [-0.25, -0.2) is 0 Å². The van der Waals surface area contributed by atoms with Gasteiger partial charge in [0.1, 0.15) is 6.54 Å². The van der Waals surface area contributed by atoms with Crippen LogP contribution < -0.4 is 5.11 Å². The molecule has 0 heterocycles. The van der Waals surface area contributed by atoms with Gasteiger partial charge in [-0.15, -0.1) is 0 Å². The van der Waals surface area contributed by atoms with Crippen LogP contribution in [-0.4, -0.2) is 37.6 Å². The maximum atomic E-state index is 10.7. The molecular weight excluding hydrogens is 334 g/mol. The lowest BCUT2D eigenvalue weighted by atomic mass is 10.0. The number of rotatable bonds is 21. The third kappa shape index (κ3) is 21.6. The highest BCUT2D eigenvalue weighted by Crippen LogP contribution is 2.14. The number of carboxylic acids is 1. The van der Waals surface area contributed by atoms with E-state index in [1.54, 1.807) is 0 Å². The van der Waals surface area contributed by atoms with Crippen LogP contribution in [0.3, 0.4) is 0 Å². The monoisotopic (exact) mass is 383 g/mol. The Morgan fingerprint density at radius 2 is 0.889 bits per heavy atom. The van der Waals surface area contributed by atoms with Crippen LogP contribution in [0.15, 0.2) is 0 Å². The lowest BCUT2D eigenvalue weighted by Gasteiger charge is -2.30. The number of quaternary nitrogens is 1. The first-order valence-electron chi connectivity index (χ1n) is 12.0. The molecule has 0 bridgehead atoms. The van der Waals surface area contributed by atoms with E-state index in [0.29, 0.717) is 4.48 Å². The number of carboxylic acid groups (broad SMARTS) is 1. The van der Waals surface area contributed by atoms with Gasteiger partial charge in [0.2, 0.25) is 0 Å². The lowest BCUT2D eigenvalue weighted by molar-refractivity contribution is -0.885. The van der Waals surface area contributed by atoms with Crippen molar-refractivity contribution in [1.29, 1.82) is 0 Å². The molecule has 0 saturated heterocycles. The Kier molecular flexibility index (Phi) is 18.4. The summed E-state index contributed by atoms with van der Waals surface area (Å²) in [5.74, 6) is -0.942. The van der Waals surface area contributed by atoms with Crippen LogP contribution in [0.25, 0.3) is 0 Å². The van der Waals surface area contributed by atoms with E-state index >= 15 is 0 Å². The summed E-state index contributed by atoms with van der Waals surface area (Å²) in [7, 11) is 3.95. The molecule has 3 nitrogen and oxygen atoms in total. The molecule has 0 aliphatic heterocycles. The molecule has 0 aliphatic rings. The van der Waals surface area contributed by atoms with Gasteiger partial charge in [0.25, 0.3) is 0 Å². The van der Waals surface area contributed by atoms with Crippen molar-refractivity contribution in [2.75, 3.05) is 27.2 Å². The minimum atomic E-state index is -0.942. The van der Waals surface area contributed by atoms with E-state index in [2.05, 4.69) is 6.92 Å². The Morgan fingerprint density at radius 1 is 0.593 bits per heavy atom. The van der Waals surface area contributed by atoms with Crippen molar-refractivity contribution in [2.45, 2.75) is 122 Å². The van der Waals surface area contributed by atoms with Crippen LogP contribution in [0.4, 0.5) is 0 Å². The van der Waals surface area contributed by atoms with Gasteiger partial charge in [-0.3, -0.25) is 0 Å². The molecule has 0 N–H and O–H groups in total. The van der Waals surface area contributed by atoms with Gasteiger partial charge < -0.3 is 14.4 Å². The number of likely N-dealkylation sites (N-methyl/N-ethyl adjacent to an activating group) is 1. The summed E-state index contributed by atoms with van der Waals surface area (Å²) in [5, 5.41) is 10.7. The summed E-state index contributed by atoms with van der Waals surface area (Å²) in [6.07, 6.45) is 24.9. The Balaban J connectivity index is 3.16. The fraction of sp³-hybridized carbons (Fsp3) is 0.958. The Hall–Kier alpha value is -0.570. The fourth-order valence-electron chi connectivity index (χ4n) is 3.87. The van der Waals surface area contributed by atoms with E-state index in [0.717, 1.165) is 13.0 Å². The Morgan fingerprint density at radius 3 is 1.19 bits per heavy atom. The molecule has 27 heavy (non-hydrogen) atoms. The number of hydrogen-bond donors (Lipinski definition) is 0. The summed E-state index contributed by atoms with van der Waals surface area (Å²) in [4.78, 5) is 10.7. The quantitative estimate of drug-likeness (QED) is 0.184. The van der Waals surface area contributed by atoms with Crippen molar-refractivity contribution in [1.82, 2.24) is 0 Å². The zero-order valence-electron chi connectivity index (χ0n) is 18.9. The summed E-state index contributed by atoms with van der Waals surface area (Å²) >= 11 is 0. The van der Waals surface area contributed by atoms with E-state index in [1.807, 2.05) is 14.1 Å². The smallest absolute Gasteiger partial charge is 0.119 e. The van der Waals surface area contributed by atoms with Crippen LogP contribution in [-0.2, 0) is 4.79 Å². The van der Waals surface area contributed by atoms with Gasteiger partial charge in [0.05, 0.1) is 26.6 Å². The minimum Gasteiger partial charge on any atom is -0.544 e. The maximum absolute atomic E-state index is 10.7. The average molecular weight is 384 g/mol. The van der Waals surface area contributed by atoms with Gasteiger partial charge in [-0.1, -0.05) is 110 Å². The molecule has 3 heteroatoms. The first-order valence-corrected chi connectivity index (χ1v) is 12.0. The van der Waals surface area contributed by atoms with Gasteiger partial charge in [0, 0.05) is 0 Å². The average Bonchev–Trinajstić information content (AvgIpc) is 2.59. The van der Waals surface area contributed by atoms with Gasteiger partial charge in [0.15, 0.2) is 0 Å². The lowest BCUT2D eigenvalue weighted by Crippen LogP contribution is -2.48. The molecule has 0 radical (unpaired) electrons. The molecule has 0 saturated carbocycles. The second-order valence-corrected chi connectivity index (χ2v) is 9.20. The van der Waals surface area contributed by atoms with E-state index in [1.165, 1.54) is 109 Å². The van der Waals surface area contributed by atoms with Crippen molar-refractivity contribution in [3.05, 3.63) is 0 Å². The summed E-state index contributed by atoms with van der Waals surface area (Å²) in [5.41, 5.74) is 0. The second kappa shape index (κ2) is 18.8. The highest BCUT2D eigenvalue weighted by molar-refractivity contribution is 5.65. The zero-order valence-corrected chi connectivity index (χ0v) is 18.9. The number of carbonyl (C=O) groups is 1. The van der Waals surface area contributed by atoms with Crippen molar-refractivity contribution >= 4 is 5.97 Å². The third-order valence-electron chi connectivity index (χ3n) is 5.67. The number of hydrogen-bond acceptors (Lipinski definition) is 2. The molecule has 0 fully saturated rings. The van der Waals surface area contributed by atoms with Gasteiger partial charge >= 0.3 is 0 Å². The minimum absolute atomic E-state index is 0.124. The largest absolute Gasteiger partial charge is 0.544 e. The first kappa shape index (κ1) is 26.4. The molecule has 0 unspecified atom stereocenters. The van der Waals surface area contributed by atoms with Crippen LogP contribution in [0.5, 0.6) is 0 Å². The number of aliphatic carboxylic acids is 1. The highest BCUT2D eigenvalue weighted by Gasteiger charge is 2.14. The zero-order chi connectivity index (χ0) is 20.2. The van der Waals surface area contributed by atoms with E-state index in [4.69, 9.17) is 0 Å². The maximum Gasteiger partial charge on any atom is 0.119 e. The normalized spacial score (nSPS) is 11.8. The second-order valence-electron chi connectivity index (χ2n) is 9.20. The van der Waals surface area contributed by atoms with Gasteiger partial charge in [-0.2, -0.15) is 0 Å². The highest BCUT2D eigenvalue weighted by atomic mass is 16.4. The molecule has 0 aromatic carbocycles. The molecule has 0 aromatic rings. The SMILES string of the molecule is CCCCCCCCCCCCCCCCCCCC[N+](C)(C)CC(=O)[O-]. The molecule has 0 spiro atoms. The number of carbonyl (C=O) groups excluding carboxylic acids is 1. The predicted octanol–water partition coefficient (Wildman–Crippen LogP) is 5.85.